The summed E-state index contributed by atoms with van der Waals surface area (Å²) in [7, 11) is 1.48. The molecular weight excluding hydrogens is 328 g/mol. The molecule has 2 rings (SSSR count). The van der Waals surface area contributed by atoms with Gasteiger partial charge in [0.15, 0.2) is 0 Å². The SMILES string of the molecule is COc1ccc(Cl)cc1C(=O)NNC(=O)CCCC1CCCCC1. The fraction of sp³-hybridized carbons (Fsp3) is 0.556. The van der Waals surface area contributed by atoms with Gasteiger partial charge in [0.25, 0.3) is 5.91 Å². The maximum Gasteiger partial charge on any atom is 0.273 e. The average molecular weight is 353 g/mol. The molecule has 0 aromatic heterocycles. The van der Waals surface area contributed by atoms with Crippen LogP contribution in [0.2, 0.25) is 5.02 Å². The van der Waals surface area contributed by atoms with Crippen molar-refractivity contribution < 1.29 is 14.3 Å². The number of carbonyl (C=O) groups is 2. The Kier molecular flexibility index (Phi) is 7.37. The van der Waals surface area contributed by atoms with Gasteiger partial charge in [0, 0.05) is 11.4 Å². The van der Waals surface area contributed by atoms with E-state index in [-0.39, 0.29) is 11.5 Å². The lowest BCUT2D eigenvalue weighted by molar-refractivity contribution is -0.122. The van der Waals surface area contributed by atoms with Gasteiger partial charge in [-0.3, -0.25) is 20.4 Å². The Morgan fingerprint density at radius 3 is 2.67 bits per heavy atom. The molecule has 6 heteroatoms. The van der Waals surface area contributed by atoms with Gasteiger partial charge in [-0.25, -0.2) is 0 Å². The molecule has 132 valence electrons. The standard InChI is InChI=1S/C18H25ClN2O3/c1-24-16-11-10-14(19)12-15(16)18(23)21-20-17(22)9-5-8-13-6-3-2-4-7-13/h10-13H,2-9H2,1H3,(H,20,22)(H,21,23). The number of nitrogens with one attached hydrogen (secondary N) is 2. The lowest BCUT2D eigenvalue weighted by Crippen LogP contribution is -2.41. The van der Waals surface area contributed by atoms with Crippen LogP contribution in [0.15, 0.2) is 18.2 Å². The minimum Gasteiger partial charge on any atom is -0.496 e. The third-order valence-electron chi connectivity index (χ3n) is 4.46. The first-order valence-electron chi connectivity index (χ1n) is 8.53. The number of halogens is 1. The molecule has 0 bridgehead atoms. The van der Waals surface area contributed by atoms with Crippen LogP contribution >= 0.6 is 11.6 Å². The normalized spacial score (nSPS) is 14.9. The molecule has 1 aromatic rings. The molecule has 1 saturated carbocycles. The summed E-state index contributed by atoms with van der Waals surface area (Å²) in [6.07, 6.45) is 8.90. The molecule has 0 saturated heterocycles. The van der Waals surface area contributed by atoms with Gasteiger partial charge in [0.05, 0.1) is 12.7 Å². The summed E-state index contributed by atoms with van der Waals surface area (Å²) in [4.78, 5) is 24.0. The summed E-state index contributed by atoms with van der Waals surface area (Å²) >= 11 is 5.90. The van der Waals surface area contributed by atoms with E-state index in [0.29, 0.717) is 17.2 Å². The van der Waals surface area contributed by atoms with Crippen molar-refractivity contribution in [3.05, 3.63) is 28.8 Å². The third kappa shape index (κ3) is 5.71. The number of carbonyl (C=O) groups excluding carboxylic acids is 2. The van der Waals surface area contributed by atoms with Crippen LogP contribution < -0.4 is 15.6 Å². The van der Waals surface area contributed by atoms with Crippen molar-refractivity contribution in [2.24, 2.45) is 5.92 Å². The Balaban J connectivity index is 1.73. The fourth-order valence-corrected chi connectivity index (χ4v) is 3.31. The number of methoxy groups -OCH3 is 1. The third-order valence-corrected chi connectivity index (χ3v) is 4.70. The second kappa shape index (κ2) is 9.52. The number of benzene rings is 1. The fourth-order valence-electron chi connectivity index (χ4n) is 3.14. The average Bonchev–Trinajstić information content (AvgIpc) is 2.60. The van der Waals surface area contributed by atoms with E-state index in [1.807, 2.05) is 0 Å². The van der Waals surface area contributed by atoms with Gasteiger partial charge in [-0.05, 0) is 37.0 Å². The van der Waals surface area contributed by atoms with E-state index in [1.54, 1.807) is 12.1 Å². The number of amides is 2. The first-order valence-corrected chi connectivity index (χ1v) is 8.90. The molecule has 1 aliphatic rings. The van der Waals surface area contributed by atoms with Crippen molar-refractivity contribution in [3.63, 3.8) is 0 Å². The Bertz CT molecular complexity index is 571. The quantitative estimate of drug-likeness (QED) is 0.764. The zero-order valence-electron chi connectivity index (χ0n) is 14.1. The molecule has 2 N–H and O–H groups in total. The molecular formula is C18H25ClN2O3. The molecule has 1 fully saturated rings. The van der Waals surface area contributed by atoms with Gasteiger partial charge in [-0.1, -0.05) is 43.7 Å². The van der Waals surface area contributed by atoms with Crippen LogP contribution in [0.4, 0.5) is 0 Å². The molecule has 5 nitrogen and oxygen atoms in total. The highest BCUT2D eigenvalue weighted by molar-refractivity contribution is 6.31. The van der Waals surface area contributed by atoms with Gasteiger partial charge in [-0.15, -0.1) is 0 Å². The number of hydrazine groups is 1. The van der Waals surface area contributed by atoms with E-state index in [0.717, 1.165) is 18.8 Å². The van der Waals surface area contributed by atoms with E-state index in [4.69, 9.17) is 16.3 Å². The number of hydrogen-bond acceptors (Lipinski definition) is 3. The molecule has 0 unspecified atom stereocenters. The Hall–Kier alpha value is -1.75. The summed E-state index contributed by atoms with van der Waals surface area (Å²) in [5.41, 5.74) is 5.15. The predicted octanol–water partition coefficient (Wildman–Crippen LogP) is 3.86. The topological polar surface area (TPSA) is 67.4 Å². The van der Waals surface area contributed by atoms with E-state index in [1.165, 1.54) is 45.3 Å². The highest BCUT2D eigenvalue weighted by Crippen LogP contribution is 2.27. The van der Waals surface area contributed by atoms with E-state index in [9.17, 15) is 9.59 Å². The van der Waals surface area contributed by atoms with E-state index in [2.05, 4.69) is 10.9 Å². The van der Waals surface area contributed by atoms with Crippen LogP contribution in [-0.4, -0.2) is 18.9 Å². The molecule has 0 radical (unpaired) electrons. The minimum atomic E-state index is -0.449. The lowest BCUT2D eigenvalue weighted by Gasteiger charge is -2.21. The largest absolute Gasteiger partial charge is 0.496 e. The zero-order valence-corrected chi connectivity index (χ0v) is 14.8. The maximum atomic E-state index is 12.1. The van der Waals surface area contributed by atoms with Crippen molar-refractivity contribution in [2.75, 3.05) is 7.11 Å². The van der Waals surface area contributed by atoms with Crippen LogP contribution in [0.3, 0.4) is 0 Å². The summed E-state index contributed by atoms with van der Waals surface area (Å²) in [5.74, 6) is 0.537. The van der Waals surface area contributed by atoms with Crippen molar-refractivity contribution in [1.29, 1.82) is 0 Å². The Morgan fingerprint density at radius 2 is 1.96 bits per heavy atom. The second-order valence-corrected chi connectivity index (χ2v) is 6.68. The summed E-state index contributed by atoms with van der Waals surface area (Å²) < 4.78 is 5.13. The molecule has 0 atom stereocenters. The van der Waals surface area contributed by atoms with Gasteiger partial charge >= 0.3 is 0 Å². The zero-order chi connectivity index (χ0) is 17.4. The smallest absolute Gasteiger partial charge is 0.273 e. The van der Waals surface area contributed by atoms with Gasteiger partial charge in [0.2, 0.25) is 5.91 Å². The van der Waals surface area contributed by atoms with Crippen LogP contribution in [0, 0.1) is 5.92 Å². The number of rotatable bonds is 6. The van der Waals surface area contributed by atoms with Crippen molar-refractivity contribution >= 4 is 23.4 Å². The number of ether oxygens (including phenoxy) is 1. The highest BCUT2D eigenvalue weighted by Gasteiger charge is 2.15. The van der Waals surface area contributed by atoms with Crippen LogP contribution in [-0.2, 0) is 4.79 Å². The van der Waals surface area contributed by atoms with E-state index >= 15 is 0 Å². The molecule has 0 spiro atoms. The first-order chi connectivity index (χ1) is 11.6. The van der Waals surface area contributed by atoms with Crippen LogP contribution in [0.25, 0.3) is 0 Å². The lowest BCUT2D eigenvalue weighted by atomic mass is 9.86. The second-order valence-electron chi connectivity index (χ2n) is 6.24. The van der Waals surface area contributed by atoms with Crippen molar-refractivity contribution in [2.45, 2.75) is 51.4 Å². The molecule has 0 aliphatic heterocycles. The maximum absolute atomic E-state index is 12.1. The highest BCUT2D eigenvalue weighted by atomic mass is 35.5. The Labute approximate surface area is 148 Å². The molecule has 0 heterocycles. The summed E-state index contributed by atoms with van der Waals surface area (Å²) in [5, 5.41) is 0.430. The summed E-state index contributed by atoms with van der Waals surface area (Å²) in [6, 6.07) is 4.76. The molecule has 24 heavy (non-hydrogen) atoms. The van der Waals surface area contributed by atoms with Crippen LogP contribution in [0.1, 0.15) is 61.7 Å². The molecule has 1 aromatic carbocycles. The van der Waals surface area contributed by atoms with Gasteiger partial charge < -0.3 is 4.74 Å². The van der Waals surface area contributed by atoms with Crippen molar-refractivity contribution in [1.82, 2.24) is 10.9 Å². The van der Waals surface area contributed by atoms with E-state index < -0.39 is 5.91 Å². The number of hydrogen-bond donors (Lipinski definition) is 2. The first kappa shape index (κ1) is 18.6. The van der Waals surface area contributed by atoms with Gasteiger partial charge in [0.1, 0.15) is 5.75 Å². The predicted molar refractivity (Wildman–Crippen MR) is 94.0 cm³/mol. The Morgan fingerprint density at radius 1 is 1.21 bits per heavy atom. The van der Waals surface area contributed by atoms with Crippen molar-refractivity contribution in [3.8, 4) is 5.75 Å². The molecule has 1 aliphatic carbocycles. The monoisotopic (exact) mass is 352 g/mol. The molecule has 2 amide bonds. The van der Waals surface area contributed by atoms with Gasteiger partial charge in [-0.2, -0.15) is 0 Å². The minimum absolute atomic E-state index is 0.180. The summed E-state index contributed by atoms with van der Waals surface area (Å²) in [6.45, 7) is 0. The van der Waals surface area contributed by atoms with Crippen LogP contribution in [0.5, 0.6) is 5.75 Å².